The van der Waals surface area contributed by atoms with Crippen LogP contribution in [0.3, 0.4) is 0 Å². The third-order valence-electron chi connectivity index (χ3n) is 3.87. The van der Waals surface area contributed by atoms with Crippen LogP contribution < -0.4 is 5.32 Å². The van der Waals surface area contributed by atoms with Crippen molar-refractivity contribution in [3.8, 4) is 11.4 Å². The van der Waals surface area contributed by atoms with Crippen LogP contribution in [-0.4, -0.2) is 37.6 Å². The molecule has 128 valence electrons. The molecule has 0 bridgehead atoms. The average Bonchev–Trinajstić information content (AvgIpc) is 3.13. The highest BCUT2D eigenvalue weighted by Gasteiger charge is 2.18. The first-order valence-electron chi connectivity index (χ1n) is 8.17. The summed E-state index contributed by atoms with van der Waals surface area (Å²) in [5.41, 5.74) is 2.94. The molecular formula is C18H20N6O. The molecule has 0 aliphatic rings. The molecule has 25 heavy (non-hydrogen) atoms. The van der Waals surface area contributed by atoms with Crippen molar-refractivity contribution >= 4 is 5.91 Å². The Hall–Kier alpha value is -3.09. The fourth-order valence-corrected chi connectivity index (χ4v) is 2.32. The van der Waals surface area contributed by atoms with Crippen LogP contribution in [0.15, 0.2) is 48.7 Å². The zero-order valence-corrected chi connectivity index (χ0v) is 14.3. The molecule has 0 aliphatic carbocycles. The topological polar surface area (TPSA) is 85.6 Å². The second kappa shape index (κ2) is 7.65. The minimum absolute atomic E-state index is 0.142. The Morgan fingerprint density at radius 3 is 2.72 bits per heavy atom. The third kappa shape index (κ3) is 4.26. The van der Waals surface area contributed by atoms with Crippen molar-refractivity contribution in [3.63, 3.8) is 0 Å². The molecule has 0 saturated heterocycles. The van der Waals surface area contributed by atoms with Gasteiger partial charge in [0.05, 0.1) is 0 Å². The van der Waals surface area contributed by atoms with E-state index in [4.69, 9.17) is 0 Å². The summed E-state index contributed by atoms with van der Waals surface area (Å²) in [4.78, 5) is 17.9. The Balaban J connectivity index is 1.55. The Bertz CT molecular complexity index is 828. The summed E-state index contributed by atoms with van der Waals surface area (Å²) in [7, 11) is 0. The SMILES string of the molecule is Cc1ccc(CCNC(=O)[C@H](C)n2nnc(-c3ccccc3)n2)cn1. The van der Waals surface area contributed by atoms with E-state index in [2.05, 4.69) is 25.7 Å². The molecule has 0 unspecified atom stereocenters. The summed E-state index contributed by atoms with van der Waals surface area (Å²) in [6, 6.07) is 13.0. The molecule has 3 rings (SSSR count). The van der Waals surface area contributed by atoms with Gasteiger partial charge >= 0.3 is 0 Å². The minimum atomic E-state index is -0.527. The quantitative estimate of drug-likeness (QED) is 0.744. The summed E-state index contributed by atoms with van der Waals surface area (Å²) < 4.78 is 0. The first-order valence-corrected chi connectivity index (χ1v) is 8.17. The Morgan fingerprint density at radius 2 is 2.00 bits per heavy atom. The third-order valence-corrected chi connectivity index (χ3v) is 3.87. The van der Waals surface area contributed by atoms with Crippen molar-refractivity contribution in [2.24, 2.45) is 0 Å². The first kappa shape index (κ1) is 16.8. The highest BCUT2D eigenvalue weighted by atomic mass is 16.2. The normalized spacial score (nSPS) is 11.9. The smallest absolute Gasteiger partial charge is 0.246 e. The highest BCUT2D eigenvalue weighted by Crippen LogP contribution is 2.13. The lowest BCUT2D eigenvalue weighted by Crippen LogP contribution is -2.33. The summed E-state index contributed by atoms with van der Waals surface area (Å²) in [5.74, 6) is 0.364. The predicted molar refractivity (Wildman–Crippen MR) is 93.7 cm³/mol. The van der Waals surface area contributed by atoms with E-state index in [1.165, 1.54) is 4.80 Å². The van der Waals surface area contributed by atoms with E-state index >= 15 is 0 Å². The number of rotatable bonds is 6. The first-order chi connectivity index (χ1) is 12.1. The molecule has 0 fully saturated rings. The van der Waals surface area contributed by atoms with Crippen LogP contribution in [-0.2, 0) is 11.2 Å². The molecule has 1 atom stereocenters. The molecule has 0 saturated carbocycles. The number of carbonyl (C=O) groups is 1. The van der Waals surface area contributed by atoms with Crippen molar-refractivity contribution in [2.45, 2.75) is 26.3 Å². The summed E-state index contributed by atoms with van der Waals surface area (Å²) in [5, 5.41) is 15.2. The van der Waals surface area contributed by atoms with Crippen molar-refractivity contribution in [1.82, 2.24) is 30.5 Å². The van der Waals surface area contributed by atoms with E-state index in [0.717, 1.165) is 23.2 Å². The van der Waals surface area contributed by atoms with E-state index in [-0.39, 0.29) is 5.91 Å². The number of hydrogen-bond acceptors (Lipinski definition) is 5. The van der Waals surface area contributed by atoms with Crippen molar-refractivity contribution in [1.29, 1.82) is 0 Å². The maximum atomic E-state index is 12.3. The van der Waals surface area contributed by atoms with Gasteiger partial charge in [0.1, 0.15) is 6.04 Å². The van der Waals surface area contributed by atoms with Crippen LogP contribution in [0.2, 0.25) is 0 Å². The Kier molecular flexibility index (Phi) is 5.13. The second-order valence-electron chi connectivity index (χ2n) is 5.82. The second-order valence-corrected chi connectivity index (χ2v) is 5.82. The minimum Gasteiger partial charge on any atom is -0.354 e. The number of tetrazole rings is 1. The van der Waals surface area contributed by atoms with Crippen LogP contribution in [0.25, 0.3) is 11.4 Å². The Labute approximate surface area is 146 Å². The molecule has 2 heterocycles. The number of nitrogens with one attached hydrogen (secondary N) is 1. The lowest BCUT2D eigenvalue weighted by Gasteiger charge is -2.10. The molecule has 1 N–H and O–H groups in total. The number of hydrogen-bond donors (Lipinski definition) is 1. The number of aromatic nitrogens is 5. The van der Waals surface area contributed by atoms with E-state index in [1.54, 1.807) is 6.92 Å². The number of nitrogens with zero attached hydrogens (tertiary/aromatic N) is 5. The van der Waals surface area contributed by atoms with Gasteiger partial charge in [-0.15, -0.1) is 10.2 Å². The van der Waals surface area contributed by atoms with E-state index in [9.17, 15) is 4.79 Å². The summed E-state index contributed by atoms with van der Waals surface area (Å²) in [6.45, 7) is 4.23. The van der Waals surface area contributed by atoms with Gasteiger partial charge in [0.2, 0.25) is 11.7 Å². The lowest BCUT2D eigenvalue weighted by molar-refractivity contribution is -0.124. The predicted octanol–water partition coefficient (Wildman–Crippen LogP) is 1.96. The van der Waals surface area contributed by atoms with Gasteiger partial charge in [-0.1, -0.05) is 36.4 Å². The maximum absolute atomic E-state index is 12.3. The largest absolute Gasteiger partial charge is 0.354 e. The lowest BCUT2D eigenvalue weighted by atomic mass is 10.2. The molecule has 1 aromatic carbocycles. The molecule has 7 heteroatoms. The average molecular weight is 336 g/mol. The van der Waals surface area contributed by atoms with Gasteiger partial charge in [0.15, 0.2) is 0 Å². The van der Waals surface area contributed by atoms with Gasteiger partial charge in [-0.05, 0) is 37.1 Å². The van der Waals surface area contributed by atoms with Crippen molar-refractivity contribution < 1.29 is 4.79 Å². The molecule has 0 aliphatic heterocycles. The zero-order chi connectivity index (χ0) is 17.6. The molecule has 3 aromatic rings. The standard InChI is InChI=1S/C18H20N6O/c1-13-8-9-15(12-20-13)10-11-19-18(25)14(2)24-22-17(21-23-24)16-6-4-3-5-7-16/h3-9,12,14H,10-11H2,1-2H3,(H,19,25)/t14-/m0/s1. The number of benzene rings is 1. The van der Waals surface area contributed by atoms with E-state index in [0.29, 0.717) is 12.4 Å². The van der Waals surface area contributed by atoms with Crippen LogP contribution in [0.1, 0.15) is 24.2 Å². The van der Waals surface area contributed by atoms with Gasteiger partial charge in [-0.25, -0.2) is 0 Å². The fraction of sp³-hybridized carbons (Fsp3) is 0.278. The molecule has 7 nitrogen and oxygen atoms in total. The Morgan fingerprint density at radius 1 is 1.20 bits per heavy atom. The molecule has 1 amide bonds. The summed E-state index contributed by atoms with van der Waals surface area (Å²) in [6.07, 6.45) is 2.56. The van der Waals surface area contributed by atoms with E-state index in [1.807, 2.05) is 55.6 Å². The van der Waals surface area contributed by atoms with Crippen LogP contribution in [0.4, 0.5) is 0 Å². The van der Waals surface area contributed by atoms with Gasteiger partial charge in [0, 0.05) is 24.0 Å². The molecule has 0 radical (unpaired) electrons. The molecule has 2 aromatic heterocycles. The fourth-order valence-electron chi connectivity index (χ4n) is 2.32. The van der Waals surface area contributed by atoms with Gasteiger partial charge in [0.25, 0.3) is 0 Å². The van der Waals surface area contributed by atoms with Crippen molar-refractivity contribution in [3.05, 3.63) is 59.9 Å². The molecular weight excluding hydrogens is 316 g/mol. The van der Waals surface area contributed by atoms with Crippen molar-refractivity contribution in [2.75, 3.05) is 6.54 Å². The summed E-state index contributed by atoms with van der Waals surface area (Å²) >= 11 is 0. The van der Waals surface area contributed by atoms with Crippen LogP contribution in [0.5, 0.6) is 0 Å². The number of pyridine rings is 1. The number of amides is 1. The van der Waals surface area contributed by atoms with Gasteiger partial charge in [-0.2, -0.15) is 4.80 Å². The number of carbonyl (C=O) groups excluding carboxylic acids is 1. The highest BCUT2D eigenvalue weighted by molar-refractivity contribution is 5.79. The monoisotopic (exact) mass is 336 g/mol. The van der Waals surface area contributed by atoms with Gasteiger partial charge < -0.3 is 5.32 Å². The maximum Gasteiger partial charge on any atom is 0.246 e. The zero-order valence-electron chi connectivity index (χ0n) is 14.3. The van der Waals surface area contributed by atoms with E-state index < -0.39 is 6.04 Å². The van der Waals surface area contributed by atoms with Crippen LogP contribution >= 0.6 is 0 Å². The van der Waals surface area contributed by atoms with Gasteiger partial charge in [-0.3, -0.25) is 9.78 Å². The molecule has 0 spiro atoms. The van der Waals surface area contributed by atoms with Crippen LogP contribution in [0, 0.1) is 6.92 Å². The number of aryl methyl sites for hydroxylation is 1.